The van der Waals surface area contributed by atoms with Gasteiger partial charge in [-0.25, -0.2) is 9.97 Å². The van der Waals surface area contributed by atoms with Gasteiger partial charge in [0.05, 0.1) is 12.7 Å². The molecular formula is C12H20N4O. The molecule has 1 N–H and O–H groups in total. The van der Waals surface area contributed by atoms with Crippen LogP contribution in [-0.2, 0) is 0 Å². The van der Waals surface area contributed by atoms with Gasteiger partial charge in [0.15, 0.2) is 0 Å². The lowest BCUT2D eigenvalue weighted by Crippen LogP contribution is -2.37. The quantitative estimate of drug-likeness (QED) is 0.844. The third-order valence-electron chi connectivity index (χ3n) is 3.29. The van der Waals surface area contributed by atoms with Crippen LogP contribution in [0.15, 0.2) is 6.33 Å². The normalized spacial score (nSPS) is 19.7. The number of anilines is 1. The van der Waals surface area contributed by atoms with E-state index < -0.39 is 0 Å². The van der Waals surface area contributed by atoms with Crippen LogP contribution in [0.4, 0.5) is 5.82 Å². The van der Waals surface area contributed by atoms with Crippen LogP contribution in [0.1, 0.15) is 18.4 Å². The molecule has 5 nitrogen and oxygen atoms in total. The number of hydrogen-bond donors (Lipinski definition) is 1. The average molecular weight is 236 g/mol. The zero-order valence-electron chi connectivity index (χ0n) is 10.7. The van der Waals surface area contributed by atoms with Crippen molar-refractivity contribution in [1.82, 2.24) is 15.3 Å². The Morgan fingerprint density at radius 1 is 1.53 bits per heavy atom. The SMILES string of the molecule is CNCC1CCCN1c1ncnc(OC)c1C. The van der Waals surface area contributed by atoms with Gasteiger partial charge in [-0.05, 0) is 26.8 Å². The van der Waals surface area contributed by atoms with Gasteiger partial charge < -0.3 is 15.0 Å². The van der Waals surface area contributed by atoms with E-state index in [0.29, 0.717) is 11.9 Å². The maximum absolute atomic E-state index is 5.25. The minimum absolute atomic E-state index is 0.526. The summed E-state index contributed by atoms with van der Waals surface area (Å²) in [6.07, 6.45) is 4.01. The van der Waals surface area contributed by atoms with Crippen molar-refractivity contribution in [3.8, 4) is 5.88 Å². The summed E-state index contributed by atoms with van der Waals surface area (Å²) in [5, 5.41) is 3.24. The van der Waals surface area contributed by atoms with E-state index in [1.807, 2.05) is 14.0 Å². The number of likely N-dealkylation sites (N-methyl/N-ethyl adjacent to an activating group) is 1. The van der Waals surface area contributed by atoms with Gasteiger partial charge in [-0.15, -0.1) is 0 Å². The van der Waals surface area contributed by atoms with E-state index >= 15 is 0 Å². The van der Waals surface area contributed by atoms with E-state index in [1.54, 1.807) is 13.4 Å². The lowest BCUT2D eigenvalue weighted by Gasteiger charge is -2.27. The molecule has 1 aliphatic rings. The summed E-state index contributed by atoms with van der Waals surface area (Å²) < 4.78 is 5.25. The molecule has 0 aromatic carbocycles. The summed E-state index contributed by atoms with van der Waals surface area (Å²) in [5.41, 5.74) is 1.03. The topological polar surface area (TPSA) is 50.3 Å². The van der Waals surface area contributed by atoms with Crippen LogP contribution in [0, 0.1) is 6.92 Å². The van der Waals surface area contributed by atoms with Crippen LogP contribution >= 0.6 is 0 Å². The molecular weight excluding hydrogens is 216 g/mol. The summed E-state index contributed by atoms with van der Waals surface area (Å²) in [4.78, 5) is 10.9. The van der Waals surface area contributed by atoms with Gasteiger partial charge in [0.1, 0.15) is 12.1 Å². The van der Waals surface area contributed by atoms with Crippen molar-refractivity contribution >= 4 is 5.82 Å². The standard InChI is InChI=1S/C12H20N4O/c1-9-11(14-8-15-12(9)17-3)16-6-4-5-10(16)7-13-2/h8,10,13H,4-7H2,1-3H3. The second kappa shape index (κ2) is 5.31. The smallest absolute Gasteiger partial charge is 0.221 e. The summed E-state index contributed by atoms with van der Waals surface area (Å²) >= 11 is 0. The molecule has 0 spiro atoms. The molecule has 1 atom stereocenters. The third kappa shape index (κ3) is 2.34. The average Bonchev–Trinajstić information content (AvgIpc) is 2.78. The van der Waals surface area contributed by atoms with E-state index in [0.717, 1.165) is 24.5 Å². The van der Waals surface area contributed by atoms with Gasteiger partial charge in [0.25, 0.3) is 0 Å². The Hall–Kier alpha value is -1.36. The molecule has 0 amide bonds. The minimum Gasteiger partial charge on any atom is -0.481 e. The molecule has 1 aromatic rings. The number of methoxy groups -OCH3 is 1. The van der Waals surface area contributed by atoms with Gasteiger partial charge in [0.2, 0.25) is 5.88 Å². The van der Waals surface area contributed by atoms with E-state index in [2.05, 4.69) is 20.2 Å². The predicted octanol–water partition coefficient (Wildman–Crippen LogP) is 0.982. The summed E-state index contributed by atoms with van der Waals surface area (Å²) in [5.74, 6) is 1.68. The molecule has 0 saturated carbocycles. The lowest BCUT2D eigenvalue weighted by molar-refractivity contribution is 0.393. The van der Waals surface area contributed by atoms with Crippen molar-refractivity contribution in [2.24, 2.45) is 0 Å². The molecule has 2 heterocycles. The molecule has 2 rings (SSSR count). The highest BCUT2D eigenvalue weighted by Gasteiger charge is 2.27. The first-order chi connectivity index (χ1) is 8.27. The Labute approximate surface area is 102 Å². The van der Waals surface area contributed by atoms with E-state index in [9.17, 15) is 0 Å². The van der Waals surface area contributed by atoms with E-state index in [4.69, 9.17) is 4.74 Å². The second-order valence-electron chi connectivity index (χ2n) is 4.38. The zero-order valence-corrected chi connectivity index (χ0v) is 10.7. The molecule has 17 heavy (non-hydrogen) atoms. The maximum atomic E-state index is 5.25. The molecule has 0 radical (unpaired) electrons. The van der Waals surface area contributed by atoms with Crippen molar-refractivity contribution in [1.29, 1.82) is 0 Å². The largest absolute Gasteiger partial charge is 0.481 e. The van der Waals surface area contributed by atoms with Crippen LogP contribution in [-0.4, -0.2) is 43.3 Å². The Balaban J connectivity index is 2.26. The summed E-state index contributed by atoms with van der Waals surface area (Å²) in [6, 6.07) is 0.526. The molecule has 0 aliphatic carbocycles. The number of nitrogens with zero attached hydrogens (tertiary/aromatic N) is 3. The Kier molecular flexibility index (Phi) is 3.78. The highest BCUT2D eigenvalue weighted by molar-refractivity contribution is 5.51. The number of hydrogen-bond acceptors (Lipinski definition) is 5. The van der Waals surface area contributed by atoms with E-state index in [1.165, 1.54) is 12.8 Å². The molecule has 0 bridgehead atoms. The van der Waals surface area contributed by atoms with Gasteiger partial charge >= 0.3 is 0 Å². The predicted molar refractivity (Wildman–Crippen MR) is 67.6 cm³/mol. The molecule has 1 aromatic heterocycles. The second-order valence-corrected chi connectivity index (χ2v) is 4.38. The monoisotopic (exact) mass is 236 g/mol. The number of nitrogens with one attached hydrogen (secondary N) is 1. The fraction of sp³-hybridized carbons (Fsp3) is 0.667. The van der Waals surface area contributed by atoms with Crippen molar-refractivity contribution < 1.29 is 4.74 Å². The first-order valence-corrected chi connectivity index (χ1v) is 6.04. The number of aromatic nitrogens is 2. The van der Waals surface area contributed by atoms with Crippen LogP contribution in [0.3, 0.4) is 0 Å². The maximum Gasteiger partial charge on any atom is 0.221 e. The summed E-state index contributed by atoms with van der Waals surface area (Å²) in [6.45, 7) is 4.07. The minimum atomic E-state index is 0.526. The van der Waals surface area contributed by atoms with Gasteiger partial charge in [-0.3, -0.25) is 0 Å². The molecule has 5 heteroatoms. The van der Waals surface area contributed by atoms with Crippen LogP contribution in [0.25, 0.3) is 0 Å². The molecule has 1 saturated heterocycles. The molecule has 94 valence electrons. The Morgan fingerprint density at radius 3 is 3.06 bits per heavy atom. The zero-order chi connectivity index (χ0) is 12.3. The van der Waals surface area contributed by atoms with Crippen LogP contribution in [0.2, 0.25) is 0 Å². The Morgan fingerprint density at radius 2 is 2.35 bits per heavy atom. The third-order valence-corrected chi connectivity index (χ3v) is 3.29. The first-order valence-electron chi connectivity index (χ1n) is 6.04. The highest BCUT2D eigenvalue weighted by Crippen LogP contribution is 2.29. The molecule has 1 fully saturated rings. The lowest BCUT2D eigenvalue weighted by atomic mass is 10.2. The Bertz CT molecular complexity index is 383. The van der Waals surface area contributed by atoms with Gasteiger partial charge in [-0.1, -0.05) is 0 Å². The van der Waals surface area contributed by atoms with Crippen LogP contribution < -0.4 is 15.0 Å². The van der Waals surface area contributed by atoms with Gasteiger partial charge in [0, 0.05) is 19.1 Å². The first kappa shape index (κ1) is 12.1. The van der Waals surface area contributed by atoms with Crippen molar-refractivity contribution in [2.75, 3.05) is 32.1 Å². The van der Waals surface area contributed by atoms with Crippen molar-refractivity contribution in [3.05, 3.63) is 11.9 Å². The van der Waals surface area contributed by atoms with Gasteiger partial charge in [-0.2, -0.15) is 0 Å². The van der Waals surface area contributed by atoms with Crippen molar-refractivity contribution in [3.63, 3.8) is 0 Å². The van der Waals surface area contributed by atoms with Crippen molar-refractivity contribution in [2.45, 2.75) is 25.8 Å². The molecule has 1 unspecified atom stereocenters. The van der Waals surface area contributed by atoms with Crippen LogP contribution in [0.5, 0.6) is 5.88 Å². The highest BCUT2D eigenvalue weighted by atomic mass is 16.5. The number of ether oxygens (including phenoxy) is 1. The van der Waals surface area contributed by atoms with E-state index in [-0.39, 0.29) is 0 Å². The summed E-state index contributed by atoms with van der Waals surface area (Å²) in [7, 11) is 3.64. The fourth-order valence-corrected chi connectivity index (χ4v) is 2.48. The molecule has 1 aliphatic heterocycles. The number of rotatable bonds is 4. The fourth-order valence-electron chi connectivity index (χ4n) is 2.48.